The fraction of sp³-hybridized carbons (Fsp3) is 0.0968. The van der Waals surface area contributed by atoms with E-state index in [2.05, 4.69) is 0 Å². The summed E-state index contributed by atoms with van der Waals surface area (Å²) in [7, 11) is 0. The van der Waals surface area contributed by atoms with Gasteiger partial charge in [0.1, 0.15) is 0 Å². The van der Waals surface area contributed by atoms with Crippen molar-refractivity contribution in [3.8, 4) is 0 Å². The van der Waals surface area contributed by atoms with Crippen LogP contribution in [0.25, 0.3) is 10.8 Å². The number of carbonyl (C=O) groups excluding carboxylic acids is 6. The molecule has 8 nitrogen and oxygen atoms in total. The summed E-state index contributed by atoms with van der Waals surface area (Å²) in [5, 5.41) is 2.00. The molecule has 39 heavy (non-hydrogen) atoms. The maximum Gasteiger partial charge on any atom is 0.258 e. The summed E-state index contributed by atoms with van der Waals surface area (Å²) in [4.78, 5) is 73.5. The molecular formula is C31H22N2O6. The molecule has 2 heterocycles. The number of imide groups is 2. The number of hydrogen-bond acceptors (Lipinski definition) is 6. The van der Waals surface area contributed by atoms with Crippen molar-refractivity contribution in [2.75, 3.05) is 9.80 Å². The Kier molecular flexibility index (Phi) is 6.24. The van der Waals surface area contributed by atoms with E-state index in [1.807, 2.05) is 44.2 Å². The Morgan fingerprint density at radius 1 is 0.487 bits per heavy atom. The molecule has 0 saturated heterocycles. The molecule has 0 spiro atoms. The highest BCUT2D eigenvalue weighted by Gasteiger charge is 2.33. The van der Waals surface area contributed by atoms with Gasteiger partial charge in [0.05, 0.1) is 16.9 Å². The van der Waals surface area contributed by atoms with Crippen molar-refractivity contribution in [1.29, 1.82) is 0 Å². The number of ketones is 2. The van der Waals surface area contributed by atoms with E-state index in [9.17, 15) is 28.8 Å². The number of rotatable bonds is 2. The highest BCUT2D eigenvalue weighted by Crippen LogP contribution is 2.35. The SMILES string of the molecule is Cc1cc(C)c2ccccc2c1N1C(=O)C=CC1=O.Cc1ccc2c(c1N1C(=O)C=CC1=O)C(=O)C=CC2=O. The minimum atomic E-state index is -0.513. The van der Waals surface area contributed by atoms with Gasteiger partial charge < -0.3 is 0 Å². The number of fused-ring (bicyclic) bond motifs is 2. The molecule has 0 saturated carbocycles. The number of aryl methyl sites for hydroxylation is 3. The molecule has 6 rings (SSSR count). The van der Waals surface area contributed by atoms with Gasteiger partial charge in [-0.3, -0.25) is 28.8 Å². The molecule has 0 unspecified atom stereocenters. The van der Waals surface area contributed by atoms with Crippen LogP contribution in [-0.2, 0) is 19.2 Å². The molecule has 0 radical (unpaired) electrons. The summed E-state index contributed by atoms with van der Waals surface area (Å²) < 4.78 is 0. The van der Waals surface area contributed by atoms with Crippen LogP contribution in [-0.4, -0.2) is 35.2 Å². The summed E-state index contributed by atoms with van der Waals surface area (Å²) in [6, 6.07) is 13.0. The van der Waals surface area contributed by atoms with Crippen LogP contribution in [0.15, 0.2) is 78.9 Å². The van der Waals surface area contributed by atoms with Crippen molar-refractivity contribution in [2.24, 2.45) is 0 Å². The normalized spacial score (nSPS) is 16.0. The highest BCUT2D eigenvalue weighted by atomic mass is 16.2. The Labute approximate surface area is 223 Å². The van der Waals surface area contributed by atoms with Crippen LogP contribution in [0.3, 0.4) is 0 Å². The Bertz CT molecular complexity index is 1720. The average Bonchev–Trinajstić information content (AvgIpc) is 3.42. The van der Waals surface area contributed by atoms with Crippen LogP contribution in [0.2, 0.25) is 0 Å². The Balaban J connectivity index is 0.000000158. The van der Waals surface area contributed by atoms with E-state index in [0.29, 0.717) is 11.3 Å². The second kappa shape index (κ2) is 9.57. The number of amides is 4. The largest absolute Gasteiger partial charge is 0.289 e. The predicted molar refractivity (Wildman–Crippen MR) is 146 cm³/mol. The lowest BCUT2D eigenvalue weighted by atomic mass is 9.90. The summed E-state index contributed by atoms with van der Waals surface area (Å²) in [6.07, 6.45) is 7.27. The monoisotopic (exact) mass is 518 g/mol. The first-order valence-corrected chi connectivity index (χ1v) is 12.1. The molecule has 0 aromatic heterocycles. The van der Waals surface area contributed by atoms with Gasteiger partial charge in [0.2, 0.25) is 0 Å². The summed E-state index contributed by atoms with van der Waals surface area (Å²) in [6.45, 7) is 5.64. The maximum atomic E-state index is 12.1. The van der Waals surface area contributed by atoms with Gasteiger partial charge >= 0.3 is 0 Å². The van der Waals surface area contributed by atoms with E-state index in [1.165, 1.54) is 29.2 Å². The van der Waals surface area contributed by atoms with Crippen LogP contribution in [0, 0.1) is 20.8 Å². The summed E-state index contributed by atoms with van der Waals surface area (Å²) >= 11 is 0. The first kappa shape index (κ1) is 25.4. The van der Waals surface area contributed by atoms with Crippen LogP contribution in [0.5, 0.6) is 0 Å². The van der Waals surface area contributed by atoms with Crippen molar-refractivity contribution < 1.29 is 28.8 Å². The van der Waals surface area contributed by atoms with Gasteiger partial charge in [-0.25, -0.2) is 9.80 Å². The van der Waals surface area contributed by atoms with E-state index < -0.39 is 11.8 Å². The van der Waals surface area contributed by atoms with E-state index in [0.717, 1.165) is 45.0 Å². The van der Waals surface area contributed by atoms with Gasteiger partial charge in [0, 0.05) is 35.3 Å². The molecule has 3 aromatic carbocycles. The molecule has 0 atom stereocenters. The summed E-state index contributed by atoms with van der Waals surface area (Å²) in [5.74, 6) is -2.27. The van der Waals surface area contributed by atoms with Gasteiger partial charge in [-0.2, -0.15) is 0 Å². The predicted octanol–water partition coefficient (Wildman–Crippen LogP) is 4.25. The Morgan fingerprint density at radius 3 is 1.59 bits per heavy atom. The fourth-order valence-electron chi connectivity index (χ4n) is 5.02. The van der Waals surface area contributed by atoms with Gasteiger partial charge in [-0.15, -0.1) is 0 Å². The topological polar surface area (TPSA) is 109 Å². The smallest absolute Gasteiger partial charge is 0.258 e. The molecule has 2 aliphatic heterocycles. The average molecular weight is 519 g/mol. The molecule has 1 aliphatic carbocycles. The maximum absolute atomic E-state index is 12.1. The number of anilines is 2. The zero-order chi connectivity index (χ0) is 28.0. The molecule has 0 bridgehead atoms. The van der Waals surface area contributed by atoms with Crippen molar-refractivity contribution in [3.63, 3.8) is 0 Å². The van der Waals surface area contributed by atoms with E-state index >= 15 is 0 Å². The number of nitrogens with zero attached hydrogens (tertiary/aromatic N) is 2. The zero-order valence-corrected chi connectivity index (χ0v) is 21.3. The van der Waals surface area contributed by atoms with Crippen molar-refractivity contribution in [3.05, 3.63) is 107 Å². The fourth-order valence-corrected chi connectivity index (χ4v) is 5.02. The zero-order valence-electron chi connectivity index (χ0n) is 21.3. The minimum absolute atomic E-state index is 0.114. The van der Waals surface area contributed by atoms with Crippen molar-refractivity contribution in [1.82, 2.24) is 0 Å². The van der Waals surface area contributed by atoms with Gasteiger partial charge in [-0.1, -0.05) is 36.4 Å². The molecule has 192 valence electrons. The molecule has 8 heteroatoms. The standard InChI is InChI=1S/C16H13NO2.C15H9NO4/c1-10-9-11(2)16(13-6-4-3-5-12(10)13)17-14(18)7-8-15(17)19;1-8-2-3-9-10(17)4-5-11(18)14(9)15(8)16-12(19)6-7-13(16)20/h3-9H,1-2H3;2-7H,1H3. The van der Waals surface area contributed by atoms with Crippen LogP contribution in [0.4, 0.5) is 11.4 Å². The molecule has 0 fully saturated rings. The second-order valence-corrected chi connectivity index (χ2v) is 9.31. The van der Waals surface area contributed by atoms with Crippen molar-refractivity contribution >= 4 is 57.3 Å². The molecular weight excluding hydrogens is 496 g/mol. The lowest BCUT2D eigenvalue weighted by Crippen LogP contribution is -2.33. The number of hydrogen-bond donors (Lipinski definition) is 0. The van der Waals surface area contributed by atoms with Crippen LogP contribution >= 0.6 is 0 Å². The third kappa shape index (κ3) is 4.21. The Hall–Kier alpha value is -5.24. The lowest BCUT2D eigenvalue weighted by Gasteiger charge is -2.22. The third-order valence-electron chi connectivity index (χ3n) is 6.76. The first-order chi connectivity index (χ1) is 18.6. The molecule has 4 amide bonds. The molecule has 3 aliphatic rings. The third-order valence-corrected chi connectivity index (χ3v) is 6.76. The number of carbonyl (C=O) groups is 6. The van der Waals surface area contributed by atoms with Gasteiger partial charge in [0.15, 0.2) is 11.6 Å². The minimum Gasteiger partial charge on any atom is -0.289 e. The number of allylic oxidation sites excluding steroid dienone is 2. The first-order valence-electron chi connectivity index (χ1n) is 12.1. The lowest BCUT2D eigenvalue weighted by molar-refractivity contribution is -0.121. The van der Waals surface area contributed by atoms with E-state index in [-0.39, 0.29) is 40.2 Å². The van der Waals surface area contributed by atoms with E-state index in [4.69, 9.17) is 0 Å². The molecule has 0 N–H and O–H groups in total. The Morgan fingerprint density at radius 2 is 1.00 bits per heavy atom. The van der Waals surface area contributed by atoms with Crippen LogP contribution in [0.1, 0.15) is 37.4 Å². The summed E-state index contributed by atoms with van der Waals surface area (Å²) in [5.41, 5.74) is 3.89. The van der Waals surface area contributed by atoms with Gasteiger partial charge in [-0.05, 0) is 61.1 Å². The van der Waals surface area contributed by atoms with Gasteiger partial charge in [0.25, 0.3) is 23.6 Å². The molecule has 3 aromatic rings. The quantitative estimate of drug-likeness (QED) is 0.470. The van der Waals surface area contributed by atoms with Crippen LogP contribution < -0.4 is 9.80 Å². The number of benzene rings is 3. The van der Waals surface area contributed by atoms with Crippen molar-refractivity contribution in [2.45, 2.75) is 20.8 Å². The van der Waals surface area contributed by atoms with E-state index in [1.54, 1.807) is 13.0 Å². The second-order valence-electron chi connectivity index (χ2n) is 9.31. The highest BCUT2D eigenvalue weighted by molar-refractivity contribution is 6.33.